The zero-order valence-electron chi connectivity index (χ0n) is 15.2. The van der Waals surface area contributed by atoms with Crippen LogP contribution in [0.25, 0.3) is 0 Å². The lowest BCUT2D eigenvalue weighted by atomic mass is 10.2. The minimum Gasteiger partial charge on any atom is -0.490 e. The molecular formula is C19H19ClF2N2O4. The second kappa shape index (κ2) is 10.5. The topological polar surface area (TPSA) is 69.2 Å². The summed E-state index contributed by atoms with van der Waals surface area (Å²) in [5, 5.41) is 4.42. The number of benzene rings is 2. The van der Waals surface area contributed by atoms with Crippen molar-refractivity contribution in [2.75, 3.05) is 13.2 Å². The Hall–Kier alpha value is -2.87. The van der Waals surface area contributed by atoms with Gasteiger partial charge in [0.25, 0.3) is 5.91 Å². The molecule has 6 nitrogen and oxygen atoms in total. The van der Waals surface area contributed by atoms with E-state index in [-0.39, 0.29) is 24.7 Å². The minimum atomic E-state index is -2.96. The maximum Gasteiger partial charge on any atom is 0.387 e. The fraction of sp³-hybridized carbons (Fsp3) is 0.263. The van der Waals surface area contributed by atoms with Crippen LogP contribution in [0.1, 0.15) is 18.1 Å². The Morgan fingerprint density at radius 1 is 1.21 bits per heavy atom. The number of carbonyl (C=O) groups excluding carboxylic acids is 1. The SMILES string of the molecule is CCOc1cc(/C=N\NC(=O)COc2ccc(Cl)c(C)c2)ccc1OC(F)F. The summed E-state index contributed by atoms with van der Waals surface area (Å²) in [7, 11) is 0. The Morgan fingerprint density at radius 2 is 2.00 bits per heavy atom. The van der Waals surface area contributed by atoms with Gasteiger partial charge in [-0.05, 0) is 61.4 Å². The molecule has 0 aromatic heterocycles. The van der Waals surface area contributed by atoms with Gasteiger partial charge >= 0.3 is 6.61 Å². The highest BCUT2D eigenvalue weighted by Crippen LogP contribution is 2.29. The van der Waals surface area contributed by atoms with Crippen LogP contribution in [-0.2, 0) is 4.79 Å². The fourth-order valence-electron chi connectivity index (χ4n) is 2.13. The van der Waals surface area contributed by atoms with Crippen molar-refractivity contribution in [1.82, 2.24) is 5.43 Å². The van der Waals surface area contributed by atoms with E-state index in [4.69, 9.17) is 21.1 Å². The molecule has 0 aliphatic carbocycles. The summed E-state index contributed by atoms with van der Waals surface area (Å²) in [5.41, 5.74) is 3.68. The van der Waals surface area contributed by atoms with Crippen LogP contribution in [0.4, 0.5) is 8.78 Å². The zero-order chi connectivity index (χ0) is 20.5. The second-order valence-corrected chi connectivity index (χ2v) is 5.92. The van der Waals surface area contributed by atoms with Gasteiger partial charge < -0.3 is 14.2 Å². The number of ether oxygens (including phenoxy) is 3. The molecule has 0 saturated heterocycles. The summed E-state index contributed by atoms with van der Waals surface area (Å²) < 4.78 is 39.8. The average molecular weight is 413 g/mol. The summed E-state index contributed by atoms with van der Waals surface area (Å²) in [6.45, 7) is 0.632. The van der Waals surface area contributed by atoms with E-state index in [9.17, 15) is 13.6 Å². The Morgan fingerprint density at radius 3 is 2.68 bits per heavy atom. The lowest BCUT2D eigenvalue weighted by Gasteiger charge is -2.11. The van der Waals surface area contributed by atoms with Gasteiger partial charge in [-0.3, -0.25) is 4.79 Å². The van der Waals surface area contributed by atoms with E-state index in [1.165, 1.54) is 24.4 Å². The molecular weight excluding hydrogens is 394 g/mol. The van der Waals surface area contributed by atoms with E-state index >= 15 is 0 Å². The molecule has 150 valence electrons. The first-order valence-electron chi connectivity index (χ1n) is 8.31. The summed E-state index contributed by atoms with van der Waals surface area (Å²) in [4.78, 5) is 11.8. The molecule has 1 amide bonds. The second-order valence-electron chi connectivity index (χ2n) is 5.51. The van der Waals surface area contributed by atoms with Crippen LogP contribution in [0, 0.1) is 6.92 Å². The van der Waals surface area contributed by atoms with Crippen LogP contribution in [0.2, 0.25) is 5.02 Å². The van der Waals surface area contributed by atoms with Gasteiger partial charge in [-0.25, -0.2) is 5.43 Å². The monoisotopic (exact) mass is 412 g/mol. The van der Waals surface area contributed by atoms with E-state index in [2.05, 4.69) is 15.3 Å². The molecule has 1 N–H and O–H groups in total. The molecule has 0 unspecified atom stereocenters. The van der Waals surface area contributed by atoms with Gasteiger partial charge in [0.15, 0.2) is 18.1 Å². The maximum atomic E-state index is 12.4. The zero-order valence-corrected chi connectivity index (χ0v) is 16.0. The van der Waals surface area contributed by atoms with Crippen molar-refractivity contribution < 1.29 is 27.8 Å². The standard InChI is InChI=1S/C19H19ClF2N2O4/c1-3-26-17-9-13(4-7-16(17)28-19(21)22)10-23-24-18(25)11-27-14-5-6-15(20)12(2)8-14/h4-10,19H,3,11H2,1-2H3,(H,24,25)/b23-10-. The lowest BCUT2D eigenvalue weighted by molar-refractivity contribution is -0.123. The molecule has 0 aliphatic rings. The summed E-state index contributed by atoms with van der Waals surface area (Å²) in [6.07, 6.45) is 1.35. The summed E-state index contributed by atoms with van der Waals surface area (Å²) >= 11 is 5.93. The Balaban J connectivity index is 1.91. The highest BCUT2D eigenvalue weighted by molar-refractivity contribution is 6.31. The van der Waals surface area contributed by atoms with Gasteiger partial charge in [-0.15, -0.1) is 0 Å². The van der Waals surface area contributed by atoms with Crippen molar-refractivity contribution in [3.05, 3.63) is 52.5 Å². The van der Waals surface area contributed by atoms with Crippen LogP contribution in [0.5, 0.6) is 17.2 Å². The Bertz CT molecular complexity index is 847. The largest absolute Gasteiger partial charge is 0.490 e. The first-order chi connectivity index (χ1) is 13.4. The molecule has 0 radical (unpaired) electrons. The van der Waals surface area contributed by atoms with Crippen LogP contribution in [-0.4, -0.2) is 31.9 Å². The fourth-order valence-corrected chi connectivity index (χ4v) is 2.25. The maximum absolute atomic E-state index is 12.4. The van der Waals surface area contributed by atoms with Gasteiger partial charge in [0.1, 0.15) is 5.75 Å². The van der Waals surface area contributed by atoms with Gasteiger partial charge in [-0.1, -0.05) is 11.6 Å². The average Bonchev–Trinajstić information content (AvgIpc) is 2.64. The van der Waals surface area contributed by atoms with Crippen LogP contribution in [0.3, 0.4) is 0 Å². The number of nitrogens with one attached hydrogen (secondary N) is 1. The third-order valence-electron chi connectivity index (χ3n) is 3.39. The third kappa shape index (κ3) is 6.70. The normalized spacial score (nSPS) is 10.9. The predicted octanol–water partition coefficient (Wildman–Crippen LogP) is 4.18. The van der Waals surface area contributed by atoms with E-state index in [1.807, 2.05) is 6.92 Å². The summed E-state index contributed by atoms with van der Waals surface area (Å²) in [5.74, 6) is 0.118. The minimum absolute atomic E-state index is 0.0790. The van der Waals surface area contributed by atoms with E-state index in [1.54, 1.807) is 25.1 Å². The number of halogens is 3. The Labute approximate surface area is 166 Å². The number of hydrazone groups is 1. The number of rotatable bonds is 9. The highest BCUT2D eigenvalue weighted by atomic mass is 35.5. The molecule has 0 aliphatic heterocycles. The van der Waals surface area contributed by atoms with Gasteiger partial charge in [0, 0.05) is 5.02 Å². The van der Waals surface area contributed by atoms with Crippen molar-refractivity contribution in [2.45, 2.75) is 20.5 Å². The number of amides is 1. The number of carbonyl (C=O) groups is 1. The number of hydrogen-bond donors (Lipinski definition) is 1. The molecule has 9 heteroatoms. The van der Waals surface area contributed by atoms with Crippen molar-refractivity contribution in [2.24, 2.45) is 5.10 Å². The molecule has 0 spiro atoms. The van der Waals surface area contributed by atoms with Crippen LogP contribution < -0.4 is 19.6 Å². The third-order valence-corrected chi connectivity index (χ3v) is 3.81. The molecule has 0 saturated carbocycles. The van der Waals surface area contributed by atoms with E-state index < -0.39 is 12.5 Å². The first kappa shape index (κ1) is 21.4. The molecule has 0 heterocycles. The van der Waals surface area contributed by atoms with Gasteiger partial charge in [0.2, 0.25) is 0 Å². The number of hydrogen-bond acceptors (Lipinski definition) is 5. The first-order valence-corrected chi connectivity index (χ1v) is 8.69. The van der Waals surface area contributed by atoms with E-state index in [0.29, 0.717) is 16.3 Å². The Kier molecular flexibility index (Phi) is 8.01. The molecule has 2 aromatic carbocycles. The molecule has 0 fully saturated rings. The van der Waals surface area contributed by atoms with Crippen molar-refractivity contribution >= 4 is 23.7 Å². The van der Waals surface area contributed by atoms with E-state index in [0.717, 1.165) is 5.56 Å². The smallest absolute Gasteiger partial charge is 0.387 e. The van der Waals surface area contributed by atoms with Gasteiger partial charge in [0.05, 0.1) is 12.8 Å². The van der Waals surface area contributed by atoms with Crippen molar-refractivity contribution in [3.63, 3.8) is 0 Å². The number of alkyl halides is 2. The van der Waals surface area contributed by atoms with Crippen LogP contribution in [0.15, 0.2) is 41.5 Å². The molecule has 28 heavy (non-hydrogen) atoms. The predicted molar refractivity (Wildman–Crippen MR) is 102 cm³/mol. The highest BCUT2D eigenvalue weighted by Gasteiger charge is 2.11. The van der Waals surface area contributed by atoms with Crippen molar-refractivity contribution in [1.29, 1.82) is 0 Å². The summed E-state index contributed by atoms with van der Waals surface area (Å²) in [6, 6.07) is 9.38. The van der Waals surface area contributed by atoms with Crippen LogP contribution >= 0.6 is 11.6 Å². The molecule has 2 rings (SSSR count). The molecule has 0 atom stereocenters. The van der Waals surface area contributed by atoms with Gasteiger partial charge in [-0.2, -0.15) is 13.9 Å². The number of nitrogens with zero attached hydrogens (tertiary/aromatic N) is 1. The molecule has 2 aromatic rings. The number of aryl methyl sites for hydroxylation is 1. The molecule has 0 bridgehead atoms. The quantitative estimate of drug-likeness (QED) is 0.495. The van der Waals surface area contributed by atoms with Crippen molar-refractivity contribution in [3.8, 4) is 17.2 Å². The lowest BCUT2D eigenvalue weighted by Crippen LogP contribution is -2.24.